The van der Waals surface area contributed by atoms with Crippen LogP contribution in [0.25, 0.3) is 0 Å². The van der Waals surface area contributed by atoms with Gasteiger partial charge in [0.2, 0.25) is 0 Å². The lowest BCUT2D eigenvalue weighted by molar-refractivity contribution is -0.161. The summed E-state index contributed by atoms with van der Waals surface area (Å²) < 4.78 is 11.0. The van der Waals surface area contributed by atoms with Crippen LogP contribution < -0.4 is 5.32 Å². The van der Waals surface area contributed by atoms with Gasteiger partial charge in [-0.1, -0.05) is 18.2 Å². The fraction of sp³-hybridized carbons (Fsp3) is 0.565. The highest BCUT2D eigenvalue weighted by molar-refractivity contribution is 5.93. The van der Waals surface area contributed by atoms with Gasteiger partial charge in [-0.2, -0.15) is 0 Å². The maximum atomic E-state index is 13.0. The molecule has 0 amide bonds. The minimum absolute atomic E-state index is 0.192. The SMILES string of the molecule is COC(=O)C1=C2Nc3ccccc3[C@]23CCN2CCC[C@]([C@@H](C)OC(C)=O)(C1)[C@@H]23. The van der Waals surface area contributed by atoms with Gasteiger partial charge in [0.1, 0.15) is 6.10 Å². The number of benzene rings is 1. The van der Waals surface area contributed by atoms with Crippen LogP contribution in [0.2, 0.25) is 0 Å². The van der Waals surface area contributed by atoms with E-state index in [1.807, 2.05) is 13.0 Å². The zero-order valence-corrected chi connectivity index (χ0v) is 17.3. The van der Waals surface area contributed by atoms with Crippen molar-refractivity contribution in [1.29, 1.82) is 0 Å². The summed E-state index contributed by atoms with van der Waals surface area (Å²) >= 11 is 0. The van der Waals surface area contributed by atoms with Gasteiger partial charge in [0.05, 0.1) is 18.1 Å². The average molecular weight is 396 g/mol. The number of methoxy groups -OCH3 is 1. The van der Waals surface area contributed by atoms with E-state index < -0.39 is 0 Å². The van der Waals surface area contributed by atoms with E-state index in [2.05, 4.69) is 28.4 Å². The number of para-hydroxylation sites is 1. The number of esters is 2. The van der Waals surface area contributed by atoms with Gasteiger partial charge in [-0.05, 0) is 57.3 Å². The lowest BCUT2D eigenvalue weighted by Crippen LogP contribution is -2.64. The van der Waals surface area contributed by atoms with E-state index in [0.29, 0.717) is 12.0 Å². The summed E-state index contributed by atoms with van der Waals surface area (Å²) in [4.78, 5) is 27.4. The molecule has 154 valence electrons. The molecular formula is C23H28N2O4. The van der Waals surface area contributed by atoms with Crippen LogP contribution in [-0.2, 0) is 24.5 Å². The summed E-state index contributed by atoms with van der Waals surface area (Å²) in [5.74, 6) is -0.549. The van der Waals surface area contributed by atoms with Gasteiger partial charge in [-0.3, -0.25) is 9.69 Å². The van der Waals surface area contributed by atoms with Gasteiger partial charge < -0.3 is 14.8 Å². The van der Waals surface area contributed by atoms with Crippen LogP contribution in [0.15, 0.2) is 35.5 Å². The van der Waals surface area contributed by atoms with Gasteiger partial charge in [0.15, 0.2) is 0 Å². The Morgan fingerprint density at radius 2 is 2.03 bits per heavy atom. The predicted octanol–water partition coefficient (Wildman–Crippen LogP) is 2.99. The number of anilines is 1. The van der Waals surface area contributed by atoms with Gasteiger partial charge in [0, 0.05) is 29.8 Å². The molecule has 4 aliphatic rings. The molecule has 29 heavy (non-hydrogen) atoms. The fourth-order valence-corrected chi connectivity index (χ4v) is 6.83. The maximum absolute atomic E-state index is 13.0. The van der Waals surface area contributed by atoms with Crippen molar-refractivity contribution in [3.8, 4) is 0 Å². The Morgan fingerprint density at radius 1 is 1.24 bits per heavy atom. The third kappa shape index (κ3) is 2.32. The largest absolute Gasteiger partial charge is 0.466 e. The number of piperidine rings is 1. The molecule has 0 bridgehead atoms. The number of nitrogens with zero attached hydrogens (tertiary/aromatic N) is 1. The van der Waals surface area contributed by atoms with E-state index in [1.54, 1.807) is 0 Å². The number of carbonyl (C=O) groups excluding carboxylic acids is 2. The Bertz CT molecular complexity index is 925. The van der Waals surface area contributed by atoms with Gasteiger partial charge in [-0.25, -0.2) is 4.79 Å². The molecule has 2 fully saturated rings. The van der Waals surface area contributed by atoms with Crippen LogP contribution in [0.4, 0.5) is 5.69 Å². The highest BCUT2D eigenvalue weighted by atomic mass is 16.5. The third-order valence-electron chi connectivity index (χ3n) is 7.76. The van der Waals surface area contributed by atoms with Crippen molar-refractivity contribution in [1.82, 2.24) is 4.90 Å². The molecule has 1 aliphatic carbocycles. The predicted molar refractivity (Wildman–Crippen MR) is 108 cm³/mol. The number of ether oxygens (including phenoxy) is 2. The van der Waals surface area contributed by atoms with Crippen molar-refractivity contribution < 1.29 is 19.1 Å². The quantitative estimate of drug-likeness (QED) is 0.793. The summed E-state index contributed by atoms with van der Waals surface area (Å²) in [6.07, 6.45) is 3.20. The van der Waals surface area contributed by atoms with Crippen molar-refractivity contribution >= 4 is 17.6 Å². The summed E-state index contributed by atoms with van der Waals surface area (Å²) in [5.41, 5.74) is 3.45. The second-order valence-electron chi connectivity index (χ2n) is 8.94. The molecule has 1 aromatic carbocycles. The number of hydrogen-bond donors (Lipinski definition) is 1. The molecule has 0 radical (unpaired) electrons. The number of fused-ring (bicyclic) bond motifs is 1. The van der Waals surface area contributed by atoms with E-state index in [9.17, 15) is 9.59 Å². The minimum Gasteiger partial charge on any atom is -0.466 e. The van der Waals surface area contributed by atoms with Crippen molar-refractivity contribution in [2.24, 2.45) is 5.41 Å². The molecule has 0 unspecified atom stereocenters. The molecule has 3 heterocycles. The van der Waals surface area contributed by atoms with Crippen LogP contribution in [0.1, 0.15) is 45.1 Å². The minimum atomic E-state index is -0.313. The lowest BCUT2D eigenvalue weighted by atomic mass is 9.53. The Hall–Kier alpha value is -2.34. The van der Waals surface area contributed by atoms with Crippen molar-refractivity contribution in [2.45, 2.75) is 57.1 Å². The Labute approximate surface area is 171 Å². The second kappa shape index (κ2) is 6.33. The molecule has 1 spiro atoms. The first-order valence-electron chi connectivity index (χ1n) is 10.5. The molecule has 1 aromatic rings. The van der Waals surface area contributed by atoms with E-state index in [-0.39, 0.29) is 34.9 Å². The summed E-state index contributed by atoms with van der Waals surface area (Å²) in [5, 5.41) is 3.59. The Balaban J connectivity index is 1.77. The number of nitrogens with one attached hydrogen (secondary N) is 1. The zero-order valence-electron chi connectivity index (χ0n) is 17.3. The Kier molecular flexibility index (Phi) is 4.07. The topological polar surface area (TPSA) is 67.9 Å². The zero-order chi connectivity index (χ0) is 20.4. The first kappa shape index (κ1) is 18.7. The lowest BCUT2D eigenvalue weighted by Gasteiger charge is -2.57. The van der Waals surface area contributed by atoms with Gasteiger partial charge >= 0.3 is 11.9 Å². The molecule has 0 saturated carbocycles. The summed E-state index contributed by atoms with van der Waals surface area (Å²) in [6.45, 7) is 5.50. The molecule has 2 saturated heterocycles. The van der Waals surface area contributed by atoms with Crippen LogP contribution >= 0.6 is 0 Å². The third-order valence-corrected chi connectivity index (χ3v) is 7.76. The summed E-state index contributed by atoms with van der Waals surface area (Å²) in [7, 11) is 1.45. The molecule has 6 nitrogen and oxygen atoms in total. The normalized spacial score (nSPS) is 33.3. The first-order chi connectivity index (χ1) is 13.9. The van der Waals surface area contributed by atoms with E-state index >= 15 is 0 Å². The highest BCUT2D eigenvalue weighted by Gasteiger charge is 2.68. The smallest absolute Gasteiger partial charge is 0.335 e. The van der Waals surface area contributed by atoms with Crippen molar-refractivity contribution in [3.63, 3.8) is 0 Å². The van der Waals surface area contributed by atoms with Gasteiger partial charge in [-0.15, -0.1) is 0 Å². The van der Waals surface area contributed by atoms with Gasteiger partial charge in [0.25, 0.3) is 0 Å². The summed E-state index contributed by atoms with van der Waals surface area (Å²) in [6, 6.07) is 8.58. The molecule has 6 heteroatoms. The maximum Gasteiger partial charge on any atom is 0.335 e. The molecule has 3 aliphatic heterocycles. The molecule has 1 N–H and O–H groups in total. The number of rotatable bonds is 3. The standard InChI is InChI=1S/C23H28N2O4/c1-14(29-15(2)26)22-9-6-11-25-12-10-23(21(22)25)17-7-4-5-8-18(17)24-19(23)16(13-22)20(27)28-3/h4-5,7-8,14,21,24H,6,9-13H2,1-3H3/t14-,21-,22-,23-/m1/s1. The van der Waals surface area contributed by atoms with Crippen LogP contribution in [0.5, 0.6) is 0 Å². The molecule has 5 rings (SSSR count). The molecular weight excluding hydrogens is 368 g/mol. The van der Waals surface area contributed by atoms with Crippen LogP contribution in [0.3, 0.4) is 0 Å². The first-order valence-corrected chi connectivity index (χ1v) is 10.5. The van der Waals surface area contributed by atoms with E-state index in [4.69, 9.17) is 9.47 Å². The van der Waals surface area contributed by atoms with E-state index in [1.165, 1.54) is 19.6 Å². The second-order valence-corrected chi connectivity index (χ2v) is 8.94. The molecule has 0 aromatic heterocycles. The van der Waals surface area contributed by atoms with Crippen LogP contribution in [0, 0.1) is 5.41 Å². The monoisotopic (exact) mass is 396 g/mol. The highest BCUT2D eigenvalue weighted by Crippen LogP contribution is 2.65. The number of hydrogen-bond acceptors (Lipinski definition) is 6. The van der Waals surface area contributed by atoms with Crippen molar-refractivity contribution in [3.05, 3.63) is 41.1 Å². The van der Waals surface area contributed by atoms with E-state index in [0.717, 1.165) is 43.7 Å². The van der Waals surface area contributed by atoms with Crippen LogP contribution in [-0.4, -0.2) is 49.2 Å². The number of carbonyl (C=O) groups is 2. The Morgan fingerprint density at radius 3 is 2.79 bits per heavy atom. The fourth-order valence-electron chi connectivity index (χ4n) is 6.83. The van der Waals surface area contributed by atoms with Crippen molar-refractivity contribution in [2.75, 3.05) is 25.5 Å². The molecule has 4 atom stereocenters. The average Bonchev–Trinajstić information content (AvgIpc) is 3.27.